The van der Waals surface area contributed by atoms with Crippen molar-refractivity contribution in [1.29, 1.82) is 0 Å². The molecule has 2 aromatic heterocycles. The van der Waals surface area contributed by atoms with Crippen LogP contribution < -0.4 is 20.3 Å². The summed E-state index contributed by atoms with van der Waals surface area (Å²) in [6.45, 7) is 0.693. The minimum Gasteiger partial charge on any atom is -0.352 e. The number of benzene rings is 3. The first-order valence-corrected chi connectivity index (χ1v) is 13.8. The Labute approximate surface area is 221 Å². The van der Waals surface area contributed by atoms with Gasteiger partial charge in [-0.25, -0.2) is 18.4 Å². The number of nitrogens with one attached hydrogen (secondary N) is 3. The molecular formula is C27H28N8O2S. The zero-order chi connectivity index (χ0) is 26.7. The van der Waals surface area contributed by atoms with Gasteiger partial charge in [0.15, 0.2) is 0 Å². The van der Waals surface area contributed by atoms with Crippen LogP contribution in [0.5, 0.6) is 0 Å². The lowest BCUT2D eigenvalue weighted by Crippen LogP contribution is -2.12. The van der Waals surface area contributed by atoms with Crippen LogP contribution in [0.1, 0.15) is 5.56 Å². The number of rotatable bonds is 9. The van der Waals surface area contributed by atoms with Gasteiger partial charge < -0.3 is 20.1 Å². The molecular weight excluding hydrogens is 500 g/mol. The van der Waals surface area contributed by atoms with E-state index >= 15 is 0 Å². The summed E-state index contributed by atoms with van der Waals surface area (Å²) in [6, 6.07) is 25.0. The smallest absolute Gasteiger partial charge is 0.229 e. The van der Waals surface area contributed by atoms with Crippen molar-refractivity contribution in [2.24, 2.45) is 7.05 Å². The first-order chi connectivity index (χ1) is 18.2. The van der Waals surface area contributed by atoms with Crippen LogP contribution in [0.4, 0.5) is 34.8 Å². The lowest BCUT2D eigenvalue weighted by Gasteiger charge is -2.19. The average Bonchev–Trinajstić information content (AvgIpc) is 3.22. The highest BCUT2D eigenvalue weighted by Gasteiger charge is 2.12. The SMILES string of the molecule is CN(c1ccc2c(c1)nc(NCc1ccccc1)n2C)c1ccnc(Nc2ccc(NS(C)(=O)=O)cc2)n1. The third-order valence-electron chi connectivity index (χ3n) is 5.97. The number of fused-ring (bicyclic) bond motifs is 1. The molecule has 0 aliphatic carbocycles. The Morgan fingerprint density at radius 3 is 2.39 bits per heavy atom. The first-order valence-electron chi connectivity index (χ1n) is 11.9. The summed E-state index contributed by atoms with van der Waals surface area (Å²) in [5.41, 5.74) is 5.24. The van der Waals surface area contributed by atoms with Gasteiger partial charge in [-0.1, -0.05) is 30.3 Å². The Bertz CT molecular complexity index is 1670. The maximum atomic E-state index is 11.4. The van der Waals surface area contributed by atoms with Gasteiger partial charge in [-0.3, -0.25) is 4.72 Å². The van der Waals surface area contributed by atoms with Crippen molar-refractivity contribution in [3.05, 3.63) is 90.6 Å². The number of hydrogen-bond donors (Lipinski definition) is 3. The largest absolute Gasteiger partial charge is 0.352 e. The molecule has 10 nitrogen and oxygen atoms in total. The number of sulfonamides is 1. The number of aryl methyl sites for hydroxylation is 1. The van der Waals surface area contributed by atoms with Crippen molar-refractivity contribution in [3.63, 3.8) is 0 Å². The molecule has 0 unspecified atom stereocenters. The summed E-state index contributed by atoms with van der Waals surface area (Å²) in [4.78, 5) is 15.7. The highest BCUT2D eigenvalue weighted by Crippen LogP contribution is 2.28. The van der Waals surface area contributed by atoms with Gasteiger partial charge in [0, 0.05) is 43.9 Å². The van der Waals surface area contributed by atoms with Gasteiger partial charge in [0.1, 0.15) is 5.82 Å². The van der Waals surface area contributed by atoms with Gasteiger partial charge in [0.25, 0.3) is 0 Å². The van der Waals surface area contributed by atoms with E-state index in [-0.39, 0.29) is 0 Å². The van der Waals surface area contributed by atoms with Gasteiger partial charge >= 0.3 is 0 Å². The van der Waals surface area contributed by atoms with E-state index < -0.39 is 10.0 Å². The van der Waals surface area contributed by atoms with E-state index in [9.17, 15) is 8.42 Å². The molecule has 0 atom stereocenters. The van der Waals surface area contributed by atoms with Crippen molar-refractivity contribution >= 4 is 55.8 Å². The van der Waals surface area contributed by atoms with E-state index in [1.54, 1.807) is 30.5 Å². The van der Waals surface area contributed by atoms with Crippen LogP contribution in [0, 0.1) is 0 Å². The molecule has 11 heteroatoms. The molecule has 194 valence electrons. The fourth-order valence-corrected chi connectivity index (χ4v) is 4.59. The van der Waals surface area contributed by atoms with Crippen molar-refractivity contribution in [1.82, 2.24) is 19.5 Å². The highest BCUT2D eigenvalue weighted by atomic mass is 32.2. The van der Waals surface area contributed by atoms with Crippen molar-refractivity contribution < 1.29 is 8.42 Å². The number of anilines is 6. The number of aromatic nitrogens is 4. The van der Waals surface area contributed by atoms with E-state index in [0.717, 1.165) is 34.6 Å². The third kappa shape index (κ3) is 5.84. The van der Waals surface area contributed by atoms with Crippen LogP contribution >= 0.6 is 0 Å². The van der Waals surface area contributed by atoms with Crippen LogP contribution in [-0.4, -0.2) is 41.2 Å². The second kappa shape index (κ2) is 10.4. The molecule has 0 bridgehead atoms. The molecule has 0 saturated carbocycles. The molecule has 0 aliphatic heterocycles. The predicted molar refractivity (Wildman–Crippen MR) is 153 cm³/mol. The summed E-state index contributed by atoms with van der Waals surface area (Å²) in [7, 11) is 0.609. The molecule has 0 saturated heterocycles. The highest BCUT2D eigenvalue weighted by molar-refractivity contribution is 7.92. The van der Waals surface area contributed by atoms with Crippen LogP contribution in [0.3, 0.4) is 0 Å². The Hall–Kier alpha value is -4.64. The number of nitrogens with zero attached hydrogens (tertiary/aromatic N) is 5. The van der Waals surface area contributed by atoms with E-state index in [1.807, 2.05) is 66.0 Å². The summed E-state index contributed by atoms with van der Waals surface area (Å²) in [5.74, 6) is 1.93. The minimum atomic E-state index is -3.33. The Balaban J connectivity index is 1.31. The van der Waals surface area contributed by atoms with E-state index in [0.29, 0.717) is 24.0 Å². The van der Waals surface area contributed by atoms with Crippen LogP contribution in [0.15, 0.2) is 85.1 Å². The van der Waals surface area contributed by atoms with Gasteiger partial charge in [0.05, 0.1) is 17.3 Å². The number of hydrogen-bond acceptors (Lipinski definition) is 8. The molecule has 0 aliphatic rings. The van der Waals surface area contributed by atoms with Gasteiger partial charge in [-0.05, 0) is 54.1 Å². The Morgan fingerprint density at radius 1 is 0.921 bits per heavy atom. The third-order valence-corrected chi connectivity index (χ3v) is 6.58. The Morgan fingerprint density at radius 2 is 1.66 bits per heavy atom. The molecule has 5 rings (SSSR count). The summed E-state index contributed by atoms with van der Waals surface area (Å²) in [5, 5.41) is 6.58. The van der Waals surface area contributed by atoms with Crippen molar-refractivity contribution in [2.75, 3.05) is 33.6 Å². The molecule has 0 spiro atoms. The molecule has 5 aromatic rings. The summed E-state index contributed by atoms with van der Waals surface area (Å²) >= 11 is 0. The van der Waals surface area contributed by atoms with E-state index in [1.165, 1.54) is 5.56 Å². The number of imidazole rings is 1. The quantitative estimate of drug-likeness (QED) is 0.248. The standard InChI is InChI=1S/C27H28N8O2S/c1-34(25-15-16-28-26(32-25)30-20-9-11-21(12-10-20)33-38(3,36)37)22-13-14-24-23(17-22)31-27(35(24)2)29-18-19-7-5-4-6-8-19/h4-17,33H,18H2,1-3H3,(H,29,31)(H,28,30,32). The molecule has 3 aromatic carbocycles. The molecule has 3 N–H and O–H groups in total. The summed E-state index contributed by atoms with van der Waals surface area (Å²) < 4.78 is 27.3. The average molecular weight is 529 g/mol. The topological polar surface area (TPSA) is 117 Å². The van der Waals surface area contributed by atoms with Crippen LogP contribution in [-0.2, 0) is 23.6 Å². The minimum absolute atomic E-state index is 0.421. The van der Waals surface area contributed by atoms with Crippen LogP contribution in [0.25, 0.3) is 11.0 Å². The fourth-order valence-electron chi connectivity index (χ4n) is 4.03. The second-order valence-electron chi connectivity index (χ2n) is 8.88. The van der Waals surface area contributed by atoms with Gasteiger partial charge in [0.2, 0.25) is 21.9 Å². The van der Waals surface area contributed by atoms with Crippen molar-refractivity contribution in [3.8, 4) is 0 Å². The molecule has 38 heavy (non-hydrogen) atoms. The molecule has 2 heterocycles. The zero-order valence-corrected chi connectivity index (χ0v) is 22.1. The molecule has 0 radical (unpaired) electrons. The second-order valence-corrected chi connectivity index (χ2v) is 10.6. The lowest BCUT2D eigenvalue weighted by atomic mass is 10.2. The fraction of sp³-hybridized carbons (Fsp3) is 0.148. The van der Waals surface area contributed by atoms with Crippen molar-refractivity contribution in [2.45, 2.75) is 6.54 Å². The maximum Gasteiger partial charge on any atom is 0.229 e. The predicted octanol–water partition coefficient (Wildman–Crippen LogP) is 4.86. The zero-order valence-electron chi connectivity index (χ0n) is 21.3. The van der Waals surface area contributed by atoms with E-state index in [2.05, 4.69) is 37.5 Å². The normalized spacial score (nSPS) is 11.3. The van der Waals surface area contributed by atoms with Gasteiger partial charge in [-0.15, -0.1) is 0 Å². The molecule has 0 fully saturated rings. The first kappa shape index (κ1) is 25.0. The summed E-state index contributed by atoms with van der Waals surface area (Å²) in [6.07, 6.45) is 2.80. The lowest BCUT2D eigenvalue weighted by molar-refractivity contribution is 0.607. The molecule has 0 amide bonds. The maximum absolute atomic E-state index is 11.4. The monoisotopic (exact) mass is 528 g/mol. The van der Waals surface area contributed by atoms with E-state index in [4.69, 9.17) is 4.98 Å². The van der Waals surface area contributed by atoms with Crippen LogP contribution in [0.2, 0.25) is 0 Å². The Kier molecular flexibility index (Phi) is 6.84. The van der Waals surface area contributed by atoms with Gasteiger partial charge in [-0.2, -0.15) is 4.98 Å².